The lowest BCUT2D eigenvalue weighted by molar-refractivity contribution is -0.132. The van der Waals surface area contributed by atoms with Crippen molar-refractivity contribution in [1.29, 1.82) is 0 Å². The third-order valence-corrected chi connectivity index (χ3v) is 6.33. The van der Waals surface area contributed by atoms with Crippen LogP contribution < -0.4 is 14.4 Å². The van der Waals surface area contributed by atoms with Crippen molar-refractivity contribution in [2.24, 2.45) is 0 Å². The molecule has 0 aromatic heterocycles. The van der Waals surface area contributed by atoms with Gasteiger partial charge in [0.2, 0.25) is 0 Å². The maximum absolute atomic E-state index is 13.4. The average Bonchev–Trinajstić information content (AvgIpc) is 3.34. The zero-order valence-corrected chi connectivity index (χ0v) is 19.2. The molecule has 0 saturated carbocycles. The zero-order chi connectivity index (χ0) is 24.0. The Morgan fingerprint density at radius 3 is 2.62 bits per heavy atom. The number of aryl methyl sites for hydroxylation is 1. The number of ether oxygens (including phenoxy) is 2. The monoisotopic (exact) mass is 455 g/mol. The number of ketones is 1. The molecule has 34 heavy (non-hydrogen) atoms. The third kappa shape index (κ3) is 3.52. The maximum Gasteiger partial charge on any atom is 0.300 e. The van der Waals surface area contributed by atoms with E-state index in [0.717, 1.165) is 16.9 Å². The minimum Gasteiger partial charge on any atom is -0.507 e. The van der Waals surface area contributed by atoms with Gasteiger partial charge in [-0.1, -0.05) is 30.3 Å². The third-order valence-electron chi connectivity index (χ3n) is 6.33. The van der Waals surface area contributed by atoms with Crippen LogP contribution in [0.3, 0.4) is 0 Å². The van der Waals surface area contributed by atoms with Crippen LogP contribution >= 0.6 is 0 Å². The number of fused-ring (bicyclic) bond motifs is 1. The van der Waals surface area contributed by atoms with Crippen molar-refractivity contribution in [2.45, 2.75) is 32.4 Å². The fourth-order valence-corrected chi connectivity index (χ4v) is 4.79. The second kappa shape index (κ2) is 8.37. The molecule has 1 amide bonds. The fraction of sp³-hybridized carbons (Fsp3) is 0.214. The number of carbonyl (C=O) groups excluding carboxylic acids is 2. The molecule has 0 spiro atoms. The first-order valence-corrected chi connectivity index (χ1v) is 11.2. The quantitative estimate of drug-likeness (QED) is 0.342. The summed E-state index contributed by atoms with van der Waals surface area (Å²) in [5.74, 6) is -0.354. The van der Waals surface area contributed by atoms with E-state index in [1.54, 1.807) is 31.4 Å². The summed E-state index contributed by atoms with van der Waals surface area (Å²) in [4.78, 5) is 28.2. The Morgan fingerprint density at radius 1 is 1.06 bits per heavy atom. The molecular formula is C28H25NO5. The van der Waals surface area contributed by atoms with Crippen LogP contribution in [0.15, 0.2) is 72.3 Å². The number of anilines is 1. The van der Waals surface area contributed by atoms with E-state index in [1.165, 1.54) is 4.90 Å². The number of Topliss-reactive ketones (excluding diaryl/α,β-unsaturated/α-hetero) is 1. The number of aliphatic hydroxyl groups is 1. The summed E-state index contributed by atoms with van der Waals surface area (Å²) >= 11 is 0. The van der Waals surface area contributed by atoms with Crippen LogP contribution in [0.2, 0.25) is 0 Å². The first-order chi connectivity index (χ1) is 16.4. The van der Waals surface area contributed by atoms with Gasteiger partial charge in [0.15, 0.2) is 0 Å². The van der Waals surface area contributed by atoms with Crippen molar-refractivity contribution in [1.82, 2.24) is 0 Å². The molecule has 172 valence electrons. The number of amides is 1. The van der Waals surface area contributed by atoms with Crippen LogP contribution in [0.1, 0.15) is 35.2 Å². The number of aliphatic hydroxyl groups excluding tert-OH is 1. The first kappa shape index (κ1) is 21.8. The molecule has 3 aromatic carbocycles. The van der Waals surface area contributed by atoms with Gasteiger partial charge in [-0.3, -0.25) is 14.5 Å². The van der Waals surface area contributed by atoms with Gasteiger partial charge in [-0.2, -0.15) is 0 Å². The van der Waals surface area contributed by atoms with Crippen LogP contribution in [-0.4, -0.2) is 30.0 Å². The van der Waals surface area contributed by atoms with Crippen molar-refractivity contribution >= 4 is 23.1 Å². The number of hydrogen-bond acceptors (Lipinski definition) is 5. The summed E-state index contributed by atoms with van der Waals surface area (Å²) in [6.07, 6.45) is 0.761. The Kier molecular flexibility index (Phi) is 5.36. The largest absolute Gasteiger partial charge is 0.507 e. The van der Waals surface area contributed by atoms with E-state index in [9.17, 15) is 14.7 Å². The fourth-order valence-electron chi connectivity index (χ4n) is 4.79. The number of benzene rings is 3. The van der Waals surface area contributed by atoms with Gasteiger partial charge in [0.1, 0.15) is 23.4 Å². The van der Waals surface area contributed by atoms with E-state index in [2.05, 4.69) is 0 Å². The summed E-state index contributed by atoms with van der Waals surface area (Å²) in [5.41, 5.74) is 3.60. The van der Waals surface area contributed by atoms with E-state index >= 15 is 0 Å². The Labute approximate surface area is 198 Å². The highest BCUT2D eigenvalue weighted by Gasteiger charge is 2.48. The van der Waals surface area contributed by atoms with Crippen LogP contribution in [0.5, 0.6) is 11.5 Å². The molecule has 0 radical (unpaired) electrons. The summed E-state index contributed by atoms with van der Waals surface area (Å²) in [5, 5.41) is 11.4. The molecule has 6 nitrogen and oxygen atoms in total. The smallest absolute Gasteiger partial charge is 0.300 e. The Bertz CT molecular complexity index is 1340. The highest BCUT2D eigenvalue weighted by Crippen LogP contribution is 2.45. The summed E-state index contributed by atoms with van der Waals surface area (Å²) in [6, 6.07) is 19.1. The van der Waals surface area contributed by atoms with E-state index < -0.39 is 17.7 Å². The molecule has 0 aliphatic carbocycles. The number of hydrogen-bond donors (Lipinski definition) is 1. The van der Waals surface area contributed by atoms with E-state index in [0.29, 0.717) is 29.0 Å². The van der Waals surface area contributed by atoms with Crippen molar-refractivity contribution in [3.63, 3.8) is 0 Å². The highest BCUT2D eigenvalue weighted by molar-refractivity contribution is 6.51. The Hall–Kier alpha value is -4.06. The first-order valence-electron chi connectivity index (χ1n) is 11.2. The summed E-state index contributed by atoms with van der Waals surface area (Å²) < 4.78 is 11.3. The SMILES string of the molecule is COc1ccccc1C1/C(=C(\O)c2ccc3c(c2)CC(C)O3)C(=O)C(=O)N1c1cccc(C)c1. The molecule has 6 heteroatoms. The number of nitrogens with zero attached hydrogens (tertiary/aromatic N) is 1. The molecule has 1 N–H and O–H groups in total. The van der Waals surface area contributed by atoms with Crippen molar-refractivity contribution in [3.05, 3.63) is 94.6 Å². The molecular weight excluding hydrogens is 430 g/mol. The summed E-state index contributed by atoms with van der Waals surface area (Å²) in [7, 11) is 1.54. The number of methoxy groups -OCH3 is 1. The standard InChI is InChI=1S/C28H25NO5/c1-16-7-6-8-20(13-16)29-25(21-9-4-5-10-23(21)33-3)24(27(31)28(29)32)26(30)18-11-12-22-19(15-18)14-17(2)34-22/h4-13,15,17,25,30H,14H2,1-3H3/b26-24+. The van der Waals surface area contributed by atoms with Gasteiger partial charge in [0.25, 0.3) is 11.7 Å². The van der Waals surface area contributed by atoms with Crippen molar-refractivity contribution in [3.8, 4) is 11.5 Å². The highest BCUT2D eigenvalue weighted by atomic mass is 16.5. The predicted molar refractivity (Wildman–Crippen MR) is 129 cm³/mol. The van der Waals surface area contributed by atoms with Crippen molar-refractivity contribution in [2.75, 3.05) is 12.0 Å². The second-order valence-electron chi connectivity index (χ2n) is 8.71. The van der Waals surface area contributed by atoms with Crippen LogP contribution in [-0.2, 0) is 16.0 Å². The van der Waals surface area contributed by atoms with Gasteiger partial charge in [0.05, 0.1) is 18.7 Å². The van der Waals surface area contributed by atoms with E-state index in [-0.39, 0.29) is 17.4 Å². The van der Waals surface area contributed by atoms with E-state index in [1.807, 2.05) is 56.3 Å². The molecule has 5 rings (SSSR count). The molecule has 2 aliphatic rings. The lowest BCUT2D eigenvalue weighted by Crippen LogP contribution is -2.29. The molecule has 0 bridgehead atoms. The minimum absolute atomic E-state index is 0.0305. The normalized spacial score (nSPS) is 20.9. The van der Waals surface area contributed by atoms with Gasteiger partial charge < -0.3 is 14.6 Å². The lowest BCUT2D eigenvalue weighted by Gasteiger charge is -2.27. The molecule has 2 aliphatic heterocycles. The van der Waals surface area contributed by atoms with Gasteiger partial charge in [-0.05, 0) is 61.4 Å². The predicted octanol–water partition coefficient (Wildman–Crippen LogP) is 4.95. The van der Waals surface area contributed by atoms with E-state index in [4.69, 9.17) is 9.47 Å². The molecule has 2 unspecified atom stereocenters. The maximum atomic E-state index is 13.4. The lowest BCUT2D eigenvalue weighted by atomic mass is 9.93. The minimum atomic E-state index is -0.846. The van der Waals surface area contributed by atoms with Crippen LogP contribution in [0, 0.1) is 6.92 Å². The second-order valence-corrected chi connectivity index (χ2v) is 8.71. The molecule has 1 saturated heterocycles. The zero-order valence-electron chi connectivity index (χ0n) is 19.2. The van der Waals surface area contributed by atoms with Crippen LogP contribution in [0.4, 0.5) is 5.69 Å². The van der Waals surface area contributed by atoms with Gasteiger partial charge in [-0.25, -0.2) is 0 Å². The van der Waals surface area contributed by atoms with Crippen molar-refractivity contribution < 1.29 is 24.2 Å². The van der Waals surface area contributed by atoms with Gasteiger partial charge >= 0.3 is 0 Å². The Balaban J connectivity index is 1.73. The van der Waals surface area contributed by atoms with Gasteiger partial charge in [-0.15, -0.1) is 0 Å². The Morgan fingerprint density at radius 2 is 1.85 bits per heavy atom. The molecule has 1 fully saturated rings. The molecule has 2 atom stereocenters. The topological polar surface area (TPSA) is 76.1 Å². The number of carbonyl (C=O) groups is 2. The average molecular weight is 456 g/mol. The van der Waals surface area contributed by atoms with Crippen LogP contribution in [0.25, 0.3) is 5.76 Å². The van der Waals surface area contributed by atoms with Gasteiger partial charge in [0, 0.05) is 23.2 Å². The molecule has 2 heterocycles. The molecule has 3 aromatic rings. The number of rotatable bonds is 4. The number of para-hydroxylation sites is 1. The summed E-state index contributed by atoms with van der Waals surface area (Å²) in [6.45, 7) is 3.90.